The van der Waals surface area contributed by atoms with Crippen LogP contribution >= 0.6 is 0 Å². The predicted octanol–water partition coefficient (Wildman–Crippen LogP) is 4.06. The maximum atomic E-state index is 5.48. The minimum Gasteiger partial charge on any atom is -0.481 e. The van der Waals surface area contributed by atoms with Crippen LogP contribution in [0.4, 0.5) is 0 Å². The van der Waals surface area contributed by atoms with Crippen molar-refractivity contribution in [2.75, 3.05) is 6.61 Å². The first-order valence-electron chi connectivity index (χ1n) is 5.96. The summed E-state index contributed by atoms with van der Waals surface area (Å²) in [5.41, 5.74) is 1.22. The van der Waals surface area contributed by atoms with Crippen molar-refractivity contribution >= 4 is 0 Å². The molecule has 17 heavy (non-hydrogen) atoms. The van der Waals surface area contributed by atoms with Gasteiger partial charge in [-0.15, -0.1) is 6.58 Å². The maximum absolute atomic E-state index is 5.48. The average Bonchev–Trinajstić information content (AvgIpc) is 2.29. The van der Waals surface area contributed by atoms with E-state index in [0.29, 0.717) is 12.5 Å². The molecule has 0 saturated heterocycles. The van der Waals surface area contributed by atoms with Crippen LogP contribution in [0.3, 0.4) is 0 Å². The second kappa shape index (κ2) is 7.57. The van der Waals surface area contributed by atoms with Gasteiger partial charge in [-0.3, -0.25) is 0 Å². The van der Waals surface area contributed by atoms with Crippen molar-refractivity contribution in [3.05, 3.63) is 42.5 Å². The zero-order chi connectivity index (χ0) is 12.5. The largest absolute Gasteiger partial charge is 0.481 e. The number of ether oxygens (including phenoxy) is 1. The number of allylic oxidation sites excluding steroid dienone is 1. The molecule has 0 amide bonds. The molecule has 0 saturated carbocycles. The molecule has 0 heterocycles. The Kier molecular flexibility index (Phi) is 5.96. The molecule has 1 nitrogen and oxygen atoms in total. The van der Waals surface area contributed by atoms with Gasteiger partial charge in [-0.05, 0) is 31.4 Å². The molecular formula is C16H20O. The van der Waals surface area contributed by atoms with Crippen molar-refractivity contribution in [2.24, 2.45) is 5.92 Å². The van der Waals surface area contributed by atoms with Crippen molar-refractivity contribution in [2.45, 2.75) is 26.7 Å². The molecule has 0 N–H and O–H groups in total. The lowest BCUT2D eigenvalue weighted by Crippen LogP contribution is -1.95. The summed E-state index contributed by atoms with van der Waals surface area (Å²) in [4.78, 5) is 0. The van der Waals surface area contributed by atoms with Gasteiger partial charge in [-0.2, -0.15) is 0 Å². The van der Waals surface area contributed by atoms with Crippen molar-refractivity contribution < 1.29 is 4.74 Å². The summed E-state index contributed by atoms with van der Waals surface area (Å²) >= 11 is 0. The second-order valence-electron chi connectivity index (χ2n) is 4.43. The zero-order valence-corrected chi connectivity index (χ0v) is 10.7. The van der Waals surface area contributed by atoms with Gasteiger partial charge in [0, 0.05) is 6.42 Å². The van der Waals surface area contributed by atoms with Gasteiger partial charge in [0.25, 0.3) is 0 Å². The minimum atomic E-state index is 0.462. The van der Waals surface area contributed by atoms with Crippen molar-refractivity contribution in [3.8, 4) is 17.6 Å². The molecule has 0 spiro atoms. The van der Waals surface area contributed by atoms with Gasteiger partial charge in [0.15, 0.2) is 0 Å². The van der Waals surface area contributed by atoms with Gasteiger partial charge in [-0.25, -0.2) is 0 Å². The number of hydrogen-bond donors (Lipinski definition) is 0. The Balaban J connectivity index is 2.21. The molecule has 0 radical (unpaired) electrons. The highest BCUT2D eigenvalue weighted by molar-refractivity contribution is 5.21. The smallest absolute Gasteiger partial charge is 0.149 e. The lowest BCUT2D eigenvalue weighted by atomic mass is 10.0. The van der Waals surface area contributed by atoms with Crippen LogP contribution in [0.5, 0.6) is 5.75 Å². The Morgan fingerprint density at radius 3 is 2.65 bits per heavy atom. The summed E-state index contributed by atoms with van der Waals surface area (Å²) in [5.74, 6) is 7.63. The first kappa shape index (κ1) is 13.4. The number of para-hydroxylation sites is 1. The van der Waals surface area contributed by atoms with Gasteiger partial charge < -0.3 is 4.74 Å². The van der Waals surface area contributed by atoms with Crippen LogP contribution in [0.15, 0.2) is 42.5 Å². The van der Waals surface area contributed by atoms with Crippen LogP contribution in [0.1, 0.15) is 26.7 Å². The van der Waals surface area contributed by atoms with Crippen molar-refractivity contribution in [1.29, 1.82) is 0 Å². The van der Waals surface area contributed by atoms with Gasteiger partial charge in [0.05, 0.1) is 0 Å². The standard InChI is InChI=1S/C16H20O/c1-14(2)13-15(3)9-7-8-12-17-16-10-5-4-6-11-16/h4-6,10-11,15H,1,9,12-13H2,2-3H3/t15-/m1/s1. The Morgan fingerprint density at radius 1 is 1.29 bits per heavy atom. The maximum Gasteiger partial charge on any atom is 0.149 e. The van der Waals surface area contributed by atoms with Gasteiger partial charge in [0.2, 0.25) is 0 Å². The van der Waals surface area contributed by atoms with Crippen LogP contribution < -0.4 is 4.74 Å². The monoisotopic (exact) mass is 228 g/mol. The average molecular weight is 228 g/mol. The van der Waals surface area contributed by atoms with E-state index in [0.717, 1.165) is 18.6 Å². The summed E-state index contributed by atoms with van der Waals surface area (Å²) in [6.45, 7) is 8.62. The van der Waals surface area contributed by atoms with E-state index < -0.39 is 0 Å². The molecule has 1 atom stereocenters. The van der Waals surface area contributed by atoms with E-state index in [1.165, 1.54) is 5.57 Å². The van der Waals surface area contributed by atoms with Crippen LogP contribution in [-0.2, 0) is 0 Å². The Hall–Kier alpha value is -1.68. The molecule has 1 aromatic carbocycles. The molecule has 1 rings (SSSR count). The van der Waals surface area contributed by atoms with E-state index in [9.17, 15) is 0 Å². The first-order chi connectivity index (χ1) is 8.18. The topological polar surface area (TPSA) is 9.23 Å². The summed E-state index contributed by atoms with van der Waals surface area (Å²) in [6, 6.07) is 9.75. The Bertz CT molecular complexity index is 395. The molecule has 1 aromatic rings. The molecule has 0 bridgehead atoms. The lowest BCUT2D eigenvalue weighted by molar-refractivity contribution is 0.370. The summed E-state index contributed by atoms with van der Waals surface area (Å²) < 4.78 is 5.48. The van der Waals surface area contributed by atoms with E-state index in [4.69, 9.17) is 4.74 Å². The fraction of sp³-hybridized carbons (Fsp3) is 0.375. The number of benzene rings is 1. The van der Waals surface area contributed by atoms with E-state index >= 15 is 0 Å². The van der Waals surface area contributed by atoms with Crippen molar-refractivity contribution in [1.82, 2.24) is 0 Å². The molecular weight excluding hydrogens is 208 g/mol. The Morgan fingerprint density at radius 2 is 2.00 bits per heavy atom. The third-order valence-corrected chi connectivity index (χ3v) is 2.33. The third-order valence-electron chi connectivity index (χ3n) is 2.33. The van der Waals surface area contributed by atoms with Crippen LogP contribution in [-0.4, -0.2) is 6.61 Å². The van der Waals surface area contributed by atoms with E-state index in [1.54, 1.807) is 0 Å². The lowest BCUT2D eigenvalue weighted by Gasteiger charge is -2.05. The predicted molar refractivity (Wildman–Crippen MR) is 72.9 cm³/mol. The fourth-order valence-electron chi connectivity index (χ4n) is 1.60. The zero-order valence-electron chi connectivity index (χ0n) is 10.7. The Labute approximate surface area is 105 Å². The third kappa shape index (κ3) is 6.48. The number of hydrogen-bond acceptors (Lipinski definition) is 1. The quantitative estimate of drug-likeness (QED) is 0.545. The molecule has 1 heteroatoms. The summed E-state index contributed by atoms with van der Waals surface area (Å²) in [6.07, 6.45) is 1.96. The minimum absolute atomic E-state index is 0.462. The molecule has 0 aliphatic rings. The van der Waals surface area contributed by atoms with Crippen LogP contribution in [0.2, 0.25) is 0 Å². The molecule has 90 valence electrons. The van der Waals surface area contributed by atoms with Gasteiger partial charge in [0.1, 0.15) is 12.4 Å². The van der Waals surface area contributed by atoms with Gasteiger partial charge >= 0.3 is 0 Å². The molecule has 0 aromatic heterocycles. The highest BCUT2D eigenvalue weighted by Gasteiger charge is 1.98. The SMILES string of the molecule is C=C(C)C[C@H](C)CC#CCOc1ccccc1. The van der Waals surface area contributed by atoms with E-state index in [-0.39, 0.29) is 0 Å². The van der Waals surface area contributed by atoms with E-state index in [1.807, 2.05) is 30.3 Å². The normalized spacial score (nSPS) is 11.2. The molecule has 0 fully saturated rings. The number of rotatable bonds is 5. The van der Waals surface area contributed by atoms with Crippen LogP contribution in [0.25, 0.3) is 0 Å². The van der Waals surface area contributed by atoms with Gasteiger partial charge in [-0.1, -0.05) is 42.5 Å². The molecule has 0 aliphatic carbocycles. The fourth-order valence-corrected chi connectivity index (χ4v) is 1.60. The highest BCUT2D eigenvalue weighted by atomic mass is 16.5. The second-order valence-corrected chi connectivity index (χ2v) is 4.43. The van der Waals surface area contributed by atoms with E-state index in [2.05, 4.69) is 32.3 Å². The highest BCUT2D eigenvalue weighted by Crippen LogP contribution is 2.11. The first-order valence-corrected chi connectivity index (χ1v) is 5.96. The van der Waals surface area contributed by atoms with Crippen molar-refractivity contribution in [3.63, 3.8) is 0 Å². The molecule has 0 aliphatic heterocycles. The summed E-state index contributed by atoms with van der Waals surface area (Å²) in [5, 5.41) is 0. The van der Waals surface area contributed by atoms with Crippen LogP contribution in [0, 0.1) is 17.8 Å². The summed E-state index contributed by atoms with van der Waals surface area (Å²) in [7, 11) is 0. The molecule has 0 unspecified atom stereocenters.